The van der Waals surface area contributed by atoms with E-state index in [1.54, 1.807) is 12.1 Å². The first-order valence-corrected chi connectivity index (χ1v) is 10.0. The van der Waals surface area contributed by atoms with Crippen molar-refractivity contribution >= 4 is 20.9 Å². The molecule has 0 aliphatic carbocycles. The van der Waals surface area contributed by atoms with Crippen molar-refractivity contribution in [3.8, 4) is 5.75 Å². The van der Waals surface area contributed by atoms with Crippen molar-refractivity contribution < 1.29 is 13.2 Å². The van der Waals surface area contributed by atoms with Gasteiger partial charge in [-0.3, -0.25) is 0 Å². The van der Waals surface area contributed by atoms with Gasteiger partial charge in [-0.2, -0.15) is 0 Å². The summed E-state index contributed by atoms with van der Waals surface area (Å²) in [5.74, 6) is 0.349. The zero-order valence-corrected chi connectivity index (χ0v) is 16.3. The number of aryl methyl sites for hydroxylation is 3. The maximum absolute atomic E-state index is 12.7. The highest BCUT2D eigenvalue weighted by molar-refractivity contribution is 7.89. The lowest BCUT2D eigenvalue weighted by Gasteiger charge is -2.11. The molecule has 0 unspecified atom stereocenters. The number of para-hydroxylation sites is 1. The van der Waals surface area contributed by atoms with E-state index in [2.05, 4.69) is 28.8 Å². The average Bonchev–Trinajstić information content (AvgIpc) is 2.92. The molecule has 1 heterocycles. The topological polar surface area (TPSA) is 71.2 Å². The third kappa shape index (κ3) is 3.48. The van der Waals surface area contributed by atoms with Crippen molar-refractivity contribution in [1.82, 2.24) is 9.71 Å². The van der Waals surface area contributed by atoms with Gasteiger partial charge < -0.3 is 9.72 Å². The molecule has 0 radical (unpaired) electrons. The Bertz CT molecular complexity index is 1050. The van der Waals surface area contributed by atoms with Crippen LogP contribution in [0.2, 0.25) is 0 Å². The third-order valence-electron chi connectivity index (χ3n) is 4.64. The predicted octanol–water partition coefficient (Wildman–Crippen LogP) is 3.62. The summed E-state index contributed by atoms with van der Waals surface area (Å²) in [5.41, 5.74) is 5.38. The van der Waals surface area contributed by atoms with Crippen LogP contribution in [0, 0.1) is 20.8 Å². The summed E-state index contributed by atoms with van der Waals surface area (Å²) in [7, 11) is -2.16. The first-order valence-electron chi connectivity index (χ1n) is 8.54. The Balaban J connectivity index is 1.81. The minimum Gasteiger partial charge on any atom is -0.495 e. The molecule has 5 nitrogen and oxygen atoms in total. The fourth-order valence-electron chi connectivity index (χ4n) is 3.25. The molecule has 0 atom stereocenters. The molecule has 2 aromatic carbocycles. The molecule has 138 valence electrons. The molecule has 0 aliphatic rings. The van der Waals surface area contributed by atoms with Gasteiger partial charge in [0, 0.05) is 23.1 Å². The molecule has 0 bridgehead atoms. The highest BCUT2D eigenvalue weighted by Crippen LogP contribution is 2.26. The van der Waals surface area contributed by atoms with Crippen LogP contribution in [0.5, 0.6) is 5.75 Å². The maximum Gasteiger partial charge on any atom is 0.244 e. The lowest BCUT2D eigenvalue weighted by molar-refractivity contribution is 0.402. The normalized spacial score (nSPS) is 11.8. The monoisotopic (exact) mass is 372 g/mol. The fraction of sp³-hybridized carbons (Fsp3) is 0.300. The summed E-state index contributed by atoms with van der Waals surface area (Å²) >= 11 is 0. The minimum atomic E-state index is -3.64. The van der Waals surface area contributed by atoms with Crippen molar-refractivity contribution in [3.63, 3.8) is 0 Å². The van der Waals surface area contributed by atoms with Crippen LogP contribution in [0.25, 0.3) is 10.9 Å². The van der Waals surface area contributed by atoms with Gasteiger partial charge in [-0.1, -0.05) is 24.3 Å². The molecular weight excluding hydrogens is 348 g/mol. The quantitative estimate of drug-likeness (QED) is 0.694. The standard InChI is InChI=1S/C20H24N2O3S/c1-13-8-9-18(25-4)19(12-13)26(23,24)21-11-10-16-15(3)22-20-14(2)6-5-7-17(16)20/h5-9,12,21-22H,10-11H2,1-4H3. The summed E-state index contributed by atoms with van der Waals surface area (Å²) in [4.78, 5) is 3.58. The number of benzene rings is 2. The summed E-state index contributed by atoms with van der Waals surface area (Å²) in [6.45, 7) is 6.26. The smallest absolute Gasteiger partial charge is 0.244 e. The van der Waals surface area contributed by atoms with Gasteiger partial charge in [0.1, 0.15) is 10.6 Å². The molecule has 0 spiro atoms. The molecule has 3 aromatic rings. The maximum atomic E-state index is 12.7. The minimum absolute atomic E-state index is 0.173. The van der Waals surface area contributed by atoms with E-state index in [9.17, 15) is 8.42 Å². The number of aromatic nitrogens is 1. The molecule has 0 fully saturated rings. The van der Waals surface area contributed by atoms with Crippen LogP contribution < -0.4 is 9.46 Å². The molecular formula is C20H24N2O3S. The third-order valence-corrected chi connectivity index (χ3v) is 6.12. The fourth-order valence-corrected chi connectivity index (χ4v) is 4.54. The number of hydrogen-bond donors (Lipinski definition) is 2. The van der Waals surface area contributed by atoms with Gasteiger partial charge in [0.25, 0.3) is 0 Å². The Morgan fingerprint density at radius 2 is 1.88 bits per heavy atom. The van der Waals surface area contributed by atoms with E-state index in [0.717, 1.165) is 27.7 Å². The van der Waals surface area contributed by atoms with E-state index in [-0.39, 0.29) is 4.90 Å². The molecule has 26 heavy (non-hydrogen) atoms. The second-order valence-electron chi connectivity index (χ2n) is 6.53. The Morgan fingerprint density at radius 3 is 2.62 bits per heavy atom. The highest BCUT2D eigenvalue weighted by atomic mass is 32.2. The van der Waals surface area contributed by atoms with Gasteiger partial charge in [-0.15, -0.1) is 0 Å². The van der Waals surface area contributed by atoms with E-state index in [1.165, 1.54) is 12.7 Å². The Kier molecular flexibility index (Phi) is 5.07. The summed E-state index contributed by atoms with van der Waals surface area (Å²) in [6.07, 6.45) is 0.614. The van der Waals surface area contributed by atoms with Gasteiger partial charge in [-0.05, 0) is 56.0 Å². The Morgan fingerprint density at radius 1 is 1.12 bits per heavy atom. The van der Waals surface area contributed by atoms with Crippen LogP contribution in [0.4, 0.5) is 0 Å². The van der Waals surface area contributed by atoms with Gasteiger partial charge in [0.15, 0.2) is 0 Å². The van der Waals surface area contributed by atoms with Gasteiger partial charge in [0.05, 0.1) is 7.11 Å². The first kappa shape index (κ1) is 18.5. The van der Waals surface area contributed by atoms with E-state index < -0.39 is 10.0 Å². The van der Waals surface area contributed by atoms with Crippen LogP contribution >= 0.6 is 0 Å². The number of aromatic amines is 1. The van der Waals surface area contributed by atoms with Crippen molar-refractivity contribution in [3.05, 3.63) is 58.8 Å². The van der Waals surface area contributed by atoms with Crippen molar-refractivity contribution in [2.75, 3.05) is 13.7 Å². The largest absolute Gasteiger partial charge is 0.495 e. The SMILES string of the molecule is COc1ccc(C)cc1S(=O)(=O)NCCc1c(C)[nH]c2c(C)cccc12. The molecule has 0 amide bonds. The van der Waals surface area contributed by atoms with E-state index in [1.807, 2.05) is 26.0 Å². The Labute approximate surface area is 154 Å². The first-order chi connectivity index (χ1) is 12.3. The molecule has 0 saturated heterocycles. The van der Waals surface area contributed by atoms with Gasteiger partial charge in [0.2, 0.25) is 10.0 Å². The molecule has 1 aromatic heterocycles. The highest BCUT2D eigenvalue weighted by Gasteiger charge is 2.20. The zero-order chi connectivity index (χ0) is 18.9. The number of rotatable bonds is 6. The van der Waals surface area contributed by atoms with Crippen LogP contribution in [0.1, 0.15) is 22.4 Å². The molecule has 0 saturated carbocycles. The average molecular weight is 372 g/mol. The lowest BCUT2D eigenvalue weighted by Crippen LogP contribution is -2.26. The summed E-state index contributed by atoms with van der Waals surface area (Å²) < 4.78 is 33.3. The molecule has 3 rings (SSSR count). The zero-order valence-electron chi connectivity index (χ0n) is 15.5. The molecule has 2 N–H and O–H groups in total. The van der Waals surface area contributed by atoms with Gasteiger partial charge in [-0.25, -0.2) is 13.1 Å². The number of methoxy groups -OCH3 is 1. The second-order valence-corrected chi connectivity index (χ2v) is 8.26. The Hall–Kier alpha value is -2.31. The van der Waals surface area contributed by atoms with E-state index in [0.29, 0.717) is 18.7 Å². The number of ether oxygens (including phenoxy) is 1. The number of H-pyrrole nitrogens is 1. The van der Waals surface area contributed by atoms with Crippen LogP contribution in [-0.4, -0.2) is 27.1 Å². The van der Waals surface area contributed by atoms with Crippen LogP contribution in [0.3, 0.4) is 0 Å². The number of fused-ring (bicyclic) bond motifs is 1. The number of sulfonamides is 1. The van der Waals surface area contributed by atoms with Crippen molar-refractivity contribution in [2.24, 2.45) is 0 Å². The predicted molar refractivity (Wildman–Crippen MR) is 104 cm³/mol. The molecule has 6 heteroatoms. The lowest BCUT2D eigenvalue weighted by atomic mass is 10.1. The number of nitrogens with one attached hydrogen (secondary N) is 2. The number of hydrogen-bond acceptors (Lipinski definition) is 3. The van der Waals surface area contributed by atoms with E-state index in [4.69, 9.17) is 4.74 Å². The van der Waals surface area contributed by atoms with Crippen molar-refractivity contribution in [1.29, 1.82) is 0 Å². The van der Waals surface area contributed by atoms with Crippen LogP contribution in [-0.2, 0) is 16.4 Å². The van der Waals surface area contributed by atoms with Gasteiger partial charge >= 0.3 is 0 Å². The second kappa shape index (κ2) is 7.13. The summed E-state index contributed by atoms with van der Waals surface area (Å²) in [5, 5.41) is 1.15. The summed E-state index contributed by atoms with van der Waals surface area (Å²) in [6, 6.07) is 11.3. The van der Waals surface area contributed by atoms with E-state index >= 15 is 0 Å². The van der Waals surface area contributed by atoms with Crippen LogP contribution in [0.15, 0.2) is 41.3 Å². The van der Waals surface area contributed by atoms with Crippen molar-refractivity contribution in [2.45, 2.75) is 32.1 Å². The molecule has 0 aliphatic heterocycles.